The van der Waals surface area contributed by atoms with Gasteiger partial charge in [-0.05, 0) is 0 Å². The van der Waals surface area contributed by atoms with Crippen molar-refractivity contribution in [1.29, 1.82) is 0 Å². The van der Waals surface area contributed by atoms with Crippen LogP contribution in [-0.4, -0.2) is 123 Å². The first kappa shape index (κ1) is 30.5. The predicted octanol–water partition coefficient (Wildman–Crippen LogP) is -2.41. The average Bonchev–Trinajstić information content (AvgIpc) is 0.918. The van der Waals surface area contributed by atoms with Gasteiger partial charge in [-0.15, -0.1) is 0 Å². The molecule has 0 atom stereocenters. The van der Waals surface area contributed by atoms with Crippen molar-refractivity contribution in [2.24, 2.45) is 0 Å². The van der Waals surface area contributed by atoms with Gasteiger partial charge in [0, 0.05) is 0 Å². The Morgan fingerprint density at radius 1 is 1.00 bits per heavy atom. The molecule has 0 unspecified atom stereocenters. The van der Waals surface area contributed by atoms with Crippen LogP contribution in [0.1, 0.15) is 0 Å². The van der Waals surface area contributed by atoms with Crippen LogP contribution in [-0.2, 0) is 4.57 Å². The molecular weight excluding hydrogens is 155 g/mol. The Morgan fingerprint density at radius 2 is 1.00 bits per heavy atom. The van der Waals surface area contributed by atoms with Gasteiger partial charge in [-0.1, -0.05) is 0 Å². The monoisotopic (exact) mass is 160 g/mol. The molecular formula is H5Na4O2P. The van der Waals surface area contributed by atoms with E-state index in [1.165, 1.54) is 0 Å². The van der Waals surface area contributed by atoms with E-state index in [0.29, 0.717) is 0 Å². The van der Waals surface area contributed by atoms with E-state index in [9.17, 15) is 0 Å². The third-order valence-electron chi connectivity index (χ3n) is 0. The molecule has 0 amide bonds. The van der Waals surface area contributed by atoms with Gasteiger partial charge in [-0.25, -0.2) is 4.57 Å². The van der Waals surface area contributed by atoms with E-state index in [1.807, 2.05) is 0 Å². The van der Waals surface area contributed by atoms with Crippen molar-refractivity contribution in [1.82, 2.24) is 0 Å². The van der Waals surface area contributed by atoms with Gasteiger partial charge in [0.15, 0.2) is 0 Å². The Bertz CT molecular complexity index is 17.2. The van der Waals surface area contributed by atoms with Crippen LogP contribution in [0.25, 0.3) is 0 Å². The van der Waals surface area contributed by atoms with Crippen LogP contribution >= 0.6 is 8.69 Å². The third kappa shape index (κ3) is 39.6. The molecule has 0 aromatic rings. The van der Waals surface area contributed by atoms with Crippen molar-refractivity contribution < 1.29 is 9.46 Å². The maximum atomic E-state index is 8.46. The number of hydrogen-bond donors (Lipinski definition) is 1. The van der Waals surface area contributed by atoms with Crippen molar-refractivity contribution in [2.45, 2.75) is 0 Å². The molecule has 7 heteroatoms. The molecule has 0 rings (SSSR count). The average molecular weight is 160 g/mol. The topological polar surface area (TPSA) is 37.3 Å². The Hall–Kier alpha value is 4.06. The molecule has 0 saturated heterocycles. The molecule has 0 aliphatic rings. The van der Waals surface area contributed by atoms with Gasteiger partial charge in [0.1, 0.15) is 0 Å². The summed E-state index contributed by atoms with van der Waals surface area (Å²) in [5.74, 6) is 0. The standard InChI is InChI=1S/4Na.HO2P.4H/c;;;;1-3-2;;;;/h;;;;(H,1,2);;;;. The first-order valence-corrected chi connectivity index (χ1v) is 1.15. The molecule has 0 spiro atoms. The van der Waals surface area contributed by atoms with Crippen molar-refractivity contribution in [3.63, 3.8) is 0 Å². The van der Waals surface area contributed by atoms with Crippen LogP contribution in [0, 0.1) is 0 Å². The molecule has 2 nitrogen and oxygen atoms in total. The van der Waals surface area contributed by atoms with Gasteiger partial charge in [0.05, 0.1) is 0 Å². The number of rotatable bonds is 0. The molecule has 0 aromatic heterocycles. The summed E-state index contributed by atoms with van der Waals surface area (Å²) in [7, 11) is -0.833. The second-order valence-corrected chi connectivity index (χ2v) is 0.245. The first-order valence-electron chi connectivity index (χ1n) is 0.383. The van der Waals surface area contributed by atoms with Crippen molar-refractivity contribution in [2.75, 3.05) is 0 Å². The van der Waals surface area contributed by atoms with Crippen LogP contribution in [0.4, 0.5) is 0 Å². The third-order valence-corrected chi connectivity index (χ3v) is 0. The molecule has 0 aliphatic carbocycles. The van der Waals surface area contributed by atoms with Crippen molar-refractivity contribution in [3.05, 3.63) is 0 Å². The molecule has 0 aliphatic heterocycles. The molecule has 0 aromatic carbocycles. The van der Waals surface area contributed by atoms with Crippen LogP contribution in [0.5, 0.6) is 0 Å². The maximum absolute atomic E-state index is 8.46. The Kier molecular flexibility index (Phi) is 140. The van der Waals surface area contributed by atoms with Gasteiger partial charge >= 0.3 is 127 Å². The van der Waals surface area contributed by atoms with Crippen LogP contribution in [0.3, 0.4) is 0 Å². The summed E-state index contributed by atoms with van der Waals surface area (Å²) in [5, 5.41) is 0. The van der Waals surface area contributed by atoms with E-state index in [-0.39, 0.29) is 118 Å². The van der Waals surface area contributed by atoms with E-state index in [0.717, 1.165) is 0 Å². The summed E-state index contributed by atoms with van der Waals surface area (Å²) in [4.78, 5) is 6.99. The van der Waals surface area contributed by atoms with Crippen LogP contribution in [0.2, 0.25) is 0 Å². The normalized spacial score (nSPS) is 3.00. The molecule has 0 saturated carbocycles. The quantitative estimate of drug-likeness (QED) is 0.316. The molecule has 0 fully saturated rings. The fraction of sp³-hybridized carbons (Fsp3) is 0. The fourth-order valence-corrected chi connectivity index (χ4v) is 0. The van der Waals surface area contributed by atoms with Gasteiger partial charge in [0.2, 0.25) is 0 Å². The minimum atomic E-state index is -0.833. The van der Waals surface area contributed by atoms with Crippen molar-refractivity contribution in [3.8, 4) is 0 Å². The van der Waals surface area contributed by atoms with Crippen LogP contribution < -0.4 is 0 Å². The molecule has 1 N–H and O–H groups in total. The Labute approximate surface area is 133 Å². The zero-order valence-electron chi connectivity index (χ0n) is 1.30. The molecule has 7 heavy (non-hydrogen) atoms. The van der Waals surface area contributed by atoms with Gasteiger partial charge in [-0.3, -0.25) is 0 Å². The summed E-state index contributed by atoms with van der Waals surface area (Å²) < 4.78 is 8.46. The van der Waals surface area contributed by atoms with E-state index in [4.69, 9.17) is 9.46 Å². The SMILES string of the molecule is O=PO.[NaH].[NaH].[NaH].[NaH]. The minimum absolute atomic E-state index is 0. The van der Waals surface area contributed by atoms with Gasteiger partial charge in [-0.2, -0.15) is 0 Å². The molecule has 0 radical (unpaired) electrons. The van der Waals surface area contributed by atoms with Crippen molar-refractivity contribution >= 4 is 127 Å². The van der Waals surface area contributed by atoms with Gasteiger partial charge in [0.25, 0.3) is 0 Å². The zero-order chi connectivity index (χ0) is 2.71. The zero-order valence-corrected chi connectivity index (χ0v) is 2.20. The second-order valence-electron chi connectivity index (χ2n) is 0.0816. The Balaban J connectivity index is -0.00000000333. The first-order chi connectivity index (χ1) is 1.41. The van der Waals surface area contributed by atoms with Gasteiger partial charge < -0.3 is 4.89 Å². The van der Waals surface area contributed by atoms with E-state index in [2.05, 4.69) is 0 Å². The number of hydrogen-bond acceptors (Lipinski definition) is 1. The summed E-state index contributed by atoms with van der Waals surface area (Å²) in [5.41, 5.74) is 0. The van der Waals surface area contributed by atoms with E-state index >= 15 is 0 Å². The van der Waals surface area contributed by atoms with Crippen LogP contribution in [0.15, 0.2) is 0 Å². The summed E-state index contributed by atoms with van der Waals surface area (Å²) in [6.45, 7) is 0. The molecule has 26 valence electrons. The second kappa shape index (κ2) is 32.3. The summed E-state index contributed by atoms with van der Waals surface area (Å²) >= 11 is 0. The summed E-state index contributed by atoms with van der Waals surface area (Å²) in [6.07, 6.45) is 0. The van der Waals surface area contributed by atoms with E-state index in [1.54, 1.807) is 0 Å². The molecule has 0 heterocycles. The predicted molar refractivity (Wildman–Crippen MR) is 38.4 cm³/mol. The van der Waals surface area contributed by atoms with E-state index < -0.39 is 8.69 Å². The fourth-order valence-electron chi connectivity index (χ4n) is 0. The Morgan fingerprint density at radius 3 is 1.00 bits per heavy atom. The summed E-state index contributed by atoms with van der Waals surface area (Å²) in [6, 6.07) is 0. The molecule has 0 bridgehead atoms.